The van der Waals surface area contributed by atoms with Crippen LogP contribution in [0.25, 0.3) is 10.2 Å². The van der Waals surface area contributed by atoms with Crippen molar-refractivity contribution in [2.75, 3.05) is 19.8 Å². The van der Waals surface area contributed by atoms with Crippen molar-refractivity contribution in [3.8, 4) is 0 Å². The molecule has 0 spiro atoms. The molecule has 0 aromatic carbocycles. The number of aromatic nitrogens is 1. The standard InChI is InChI=1S/C22H31N3O3S/c1-3-28-12-7-11-25-20(26)18-14-19-17(10-13-29-19)24(18)15-22(25,2)21(27)23-16-8-5-4-6-9-16/h10,13-14,16H,3-9,11-12,15H2,1-2H3,(H,23,27)/t22-/m1/s1. The predicted molar refractivity (Wildman–Crippen MR) is 115 cm³/mol. The first kappa shape index (κ1) is 20.4. The van der Waals surface area contributed by atoms with Gasteiger partial charge in [0.1, 0.15) is 11.2 Å². The van der Waals surface area contributed by atoms with E-state index in [4.69, 9.17) is 4.74 Å². The van der Waals surface area contributed by atoms with E-state index in [1.165, 1.54) is 6.42 Å². The van der Waals surface area contributed by atoms with E-state index in [9.17, 15) is 9.59 Å². The van der Waals surface area contributed by atoms with Gasteiger partial charge in [0, 0.05) is 25.8 Å². The molecule has 2 amide bonds. The normalized spacial score (nSPS) is 22.8. The summed E-state index contributed by atoms with van der Waals surface area (Å²) in [6, 6.07) is 4.23. The fourth-order valence-electron chi connectivity index (χ4n) is 4.68. The number of hydrogen-bond donors (Lipinski definition) is 1. The van der Waals surface area contributed by atoms with E-state index in [1.807, 2.05) is 35.9 Å². The summed E-state index contributed by atoms with van der Waals surface area (Å²) >= 11 is 1.63. The largest absolute Gasteiger partial charge is 0.382 e. The van der Waals surface area contributed by atoms with Gasteiger partial charge >= 0.3 is 0 Å². The highest BCUT2D eigenvalue weighted by Gasteiger charge is 2.47. The first-order chi connectivity index (χ1) is 14.0. The van der Waals surface area contributed by atoms with Crippen molar-refractivity contribution >= 4 is 33.4 Å². The molecular formula is C22H31N3O3S. The zero-order chi connectivity index (χ0) is 20.4. The van der Waals surface area contributed by atoms with Gasteiger partial charge in [0.15, 0.2) is 0 Å². The maximum Gasteiger partial charge on any atom is 0.271 e. The number of fused-ring (bicyclic) bond motifs is 3. The lowest BCUT2D eigenvalue weighted by Crippen LogP contribution is -2.65. The van der Waals surface area contributed by atoms with Crippen molar-refractivity contribution in [3.63, 3.8) is 0 Å². The summed E-state index contributed by atoms with van der Waals surface area (Å²) in [6.07, 6.45) is 6.36. The minimum atomic E-state index is -0.901. The van der Waals surface area contributed by atoms with Crippen molar-refractivity contribution in [1.82, 2.24) is 14.8 Å². The van der Waals surface area contributed by atoms with Gasteiger partial charge in [-0.1, -0.05) is 19.3 Å². The molecule has 29 heavy (non-hydrogen) atoms. The molecule has 1 saturated carbocycles. The number of amides is 2. The van der Waals surface area contributed by atoms with Crippen molar-refractivity contribution in [2.45, 2.75) is 70.5 Å². The third-order valence-corrected chi connectivity index (χ3v) is 7.21. The van der Waals surface area contributed by atoms with E-state index in [0.29, 0.717) is 32.0 Å². The molecule has 6 nitrogen and oxygen atoms in total. The third kappa shape index (κ3) is 3.82. The molecule has 4 rings (SSSR count). The van der Waals surface area contributed by atoms with Gasteiger partial charge in [-0.3, -0.25) is 9.59 Å². The summed E-state index contributed by atoms with van der Waals surface area (Å²) < 4.78 is 8.61. The van der Waals surface area contributed by atoms with Gasteiger partial charge in [-0.05, 0) is 50.6 Å². The minimum Gasteiger partial charge on any atom is -0.382 e. The predicted octanol–water partition coefficient (Wildman–Crippen LogP) is 3.79. The first-order valence-electron chi connectivity index (χ1n) is 10.8. The van der Waals surface area contributed by atoms with Gasteiger partial charge in [0.2, 0.25) is 5.91 Å². The number of nitrogens with one attached hydrogen (secondary N) is 1. The van der Waals surface area contributed by atoms with E-state index in [1.54, 1.807) is 16.2 Å². The second-order valence-corrected chi connectivity index (χ2v) is 9.32. The van der Waals surface area contributed by atoms with Crippen molar-refractivity contribution in [1.29, 1.82) is 0 Å². The zero-order valence-corrected chi connectivity index (χ0v) is 18.2. The fourth-order valence-corrected chi connectivity index (χ4v) is 5.50. The Kier molecular flexibility index (Phi) is 5.97. The zero-order valence-electron chi connectivity index (χ0n) is 17.4. The Bertz CT molecular complexity index is 883. The molecule has 2 aliphatic rings. The van der Waals surface area contributed by atoms with Crippen LogP contribution >= 0.6 is 11.3 Å². The quantitative estimate of drug-likeness (QED) is 0.697. The van der Waals surface area contributed by atoms with Gasteiger partial charge in [-0.25, -0.2) is 0 Å². The Morgan fingerprint density at radius 1 is 1.34 bits per heavy atom. The molecule has 0 unspecified atom stereocenters. The smallest absolute Gasteiger partial charge is 0.271 e. The number of carbonyl (C=O) groups excluding carboxylic acids is 2. The third-order valence-electron chi connectivity index (χ3n) is 6.35. The summed E-state index contributed by atoms with van der Waals surface area (Å²) in [7, 11) is 0. The van der Waals surface area contributed by atoms with E-state index >= 15 is 0 Å². The lowest BCUT2D eigenvalue weighted by Gasteiger charge is -2.45. The number of hydrogen-bond acceptors (Lipinski definition) is 4. The molecule has 2 aromatic rings. The summed E-state index contributed by atoms with van der Waals surface area (Å²) in [4.78, 5) is 28.7. The highest BCUT2D eigenvalue weighted by Crippen LogP contribution is 2.34. The fraction of sp³-hybridized carbons (Fsp3) is 0.636. The Balaban J connectivity index is 1.62. The maximum atomic E-state index is 13.5. The molecule has 2 aromatic heterocycles. The monoisotopic (exact) mass is 417 g/mol. The topological polar surface area (TPSA) is 63.6 Å². The highest BCUT2D eigenvalue weighted by molar-refractivity contribution is 7.17. The van der Waals surface area contributed by atoms with Crippen LogP contribution in [0.15, 0.2) is 17.5 Å². The second-order valence-electron chi connectivity index (χ2n) is 8.38. The molecule has 158 valence electrons. The van der Waals surface area contributed by atoms with E-state index in [0.717, 1.165) is 42.3 Å². The number of carbonyl (C=O) groups is 2. The Morgan fingerprint density at radius 2 is 2.14 bits per heavy atom. The summed E-state index contributed by atoms with van der Waals surface area (Å²) in [6.45, 7) is 6.15. The van der Waals surface area contributed by atoms with E-state index < -0.39 is 5.54 Å². The highest BCUT2D eigenvalue weighted by atomic mass is 32.1. The van der Waals surface area contributed by atoms with Crippen molar-refractivity contribution < 1.29 is 14.3 Å². The van der Waals surface area contributed by atoms with Gasteiger partial charge in [-0.2, -0.15) is 0 Å². The molecule has 0 radical (unpaired) electrons. The average molecular weight is 418 g/mol. The van der Waals surface area contributed by atoms with Gasteiger partial charge in [0.05, 0.1) is 16.8 Å². The Morgan fingerprint density at radius 3 is 2.90 bits per heavy atom. The number of nitrogens with zero attached hydrogens (tertiary/aromatic N) is 2. The minimum absolute atomic E-state index is 0.0307. The van der Waals surface area contributed by atoms with Crippen LogP contribution < -0.4 is 5.32 Å². The van der Waals surface area contributed by atoms with E-state index in [-0.39, 0.29) is 17.9 Å². The molecule has 1 N–H and O–H groups in total. The van der Waals surface area contributed by atoms with Crippen LogP contribution in [0.2, 0.25) is 0 Å². The Labute approximate surface area is 176 Å². The Hall–Kier alpha value is -1.86. The first-order valence-corrected chi connectivity index (χ1v) is 11.7. The van der Waals surface area contributed by atoms with Crippen LogP contribution in [0.5, 0.6) is 0 Å². The van der Waals surface area contributed by atoms with Gasteiger partial charge in [-0.15, -0.1) is 11.3 Å². The lowest BCUT2D eigenvalue weighted by atomic mass is 9.91. The molecule has 1 atom stereocenters. The molecule has 1 aliphatic carbocycles. The molecule has 0 bridgehead atoms. The van der Waals surface area contributed by atoms with Crippen LogP contribution in [-0.2, 0) is 16.1 Å². The van der Waals surface area contributed by atoms with Crippen LogP contribution in [0.1, 0.15) is 62.9 Å². The van der Waals surface area contributed by atoms with Crippen molar-refractivity contribution in [3.05, 3.63) is 23.2 Å². The molecule has 3 heterocycles. The number of thiophene rings is 1. The molecule has 0 saturated heterocycles. The summed E-state index contributed by atoms with van der Waals surface area (Å²) in [5.74, 6) is -0.0886. The van der Waals surface area contributed by atoms with Gasteiger partial charge in [0.25, 0.3) is 5.91 Å². The number of rotatable bonds is 7. The van der Waals surface area contributed by atoms with Crippen LogP contribution in [0.3, 0.4) is 0 Å². The van der Waals surface area contributed by atoms with Crippen LogP contribution in [0.4, 0.5) is 0 Å². The summed E-state index contributed by atoms with van der Waals surface area (Å²) in [5, 5.41) is 5.31. The molecule has 1 fully saturated rings. The van der Waals surface area contributed by atoms with Gasteiger partial charge < -0.3 is 19.5 Å². The molecule has 7 heteroatoms. The van der Waals surface area contributed by atoms with Crippen LogP contribution in [0, 0.1) is 0 Å². The maximum absolute atomic E-state index is 13.5. The summed E-state index contributed by atoms with van der Waals surface area (Å²) in [5.41, 5.74) is 0.831. The number of ether oxygens (including phenoxy) is 1. The second kappa shape index (κ2) is 8.48. The lowest BCUT2D eigenvalue weighted by molar-refractivity contribution is -0.133. The van der Waals surface area contributed by atoms with E-state index in [2.05, 4.69) is 5.32 Å². The van der Waals surface area contributed by atoms with Crippen molar-refractivity contribution in [2.24, 2.45) is 0 Å². The molecule has 1 aliphatic heterocycles. The molecular weight excluding hydrogens is 386 g/mol. The average Bonchev–Trinajstić information content (AvgIpc) is 3.30. The SMILES string of the molecule is CCOCCCN1C(=O)c2cc3sccc3n2C[C@]1(C)C(=O)NC1CCCCC1. The van der Waals surface area contributed by atoms with Crippen LogP contribution in [-0.4, -0.2) is 52.6 Å².